The van der Waals surface area contributed by atoms with E-state index in [-0.39, 0.29) is 18.2 Å². The van der Waals surface area contributed by atoms with Gasteiger partial charge in [-0.2, -0.15) is 0 Å². The number of benzene rings is 1. The Balaban J connectivity index is 1.78. The van der Waals surface area contributed by atoms with Crippen molar-refractivity contribution in [2.24, 2.45) is 5.92 Å². The average molecular weight is 344 g/mol. The predicted molar refractivity (Wildman–Crippen MR) is 95.9 cm³/mol. The summed E-state index contributed by atoms with van der Waals surface area (Å²) in [7, 11) is 3.44. The molecule has 7 heteroatoms. The van der Waals surface area contributed by atoms with Crippen LogP contribution in [0.1, 0.15) is 23.7 Å². The summed E-state index contributed by atoms with van der Waals surface area (Å²) in [5, 5.41) is 0. The normalized spacial score (nSPS) is 16.8. The molecular formula is C18H24N4O3. The fraction of sp³-hybridized carbons (Fsp3) is 0.500. The lowest BCUT2D eigenvalue weighted by Gasteiger charge is -2.32. The van der Waals surface area contributed by atoms with E-state index in [1.165, 1.54) is 7.11 Å². The number of anilines is 1. The standard InChI is InChI=1S/C18H24N4O3/c1-12(10-16(23)25-3)17(24)13-4-5-14-15(11-13)20-18(19-14)22-8-6-21(2)7-9-22/h4-5,11-12H,6-10H2,1-3H3,(H,19,20). The molecule has 0 aliphatic carbocycles. The SMILES string of the molecule is COC(=O)CC(C)C(=O)c1ccc2nc(N3CCN(C)CC3)[nH]c2c1. The molecule has 0 bridgehead atoms. The van der Waals surface area contributed by atoms with Crippen molar-refractivity contribution >= 4 is 28.7 Å². The number of piperazine rings is 1. The van der Waals surface area contributed by atoms with Crippen molar-refractivity contribution in [3.8, 4) is 0 Å². The lowest BCUT2D eigenvalue weighted by molar-refractivity contribution is -0.141. The molecule has 1 unspecified atom stereocenters. The summed E-state index contributed by atoms with van der Waals surface area (Å²) >= 11 is 0. The second-order valence-corrected chi connectivity index (χ2v) is 6.63. The summed E-state index contributed by atoms with van der Waals surface area (Å²) in [6.45, 7) is 5.61. The number of ketones is 1. The fourth-order valence-corrected chi connectivity index (χ4v) is 3.03. The maximum atomic E-state index is 12.5. The minimum Gasteiger partial charge on any atom is -0.469 e. The lowest BCUT2D eigenvalue weighted by Crippen LogP contribution is -2.44. The van der Waals surface area contributed by atoms with Crippen molar-refractivity contribution in [2.75, 3.05) is 45.2 Å². The van der Waals surface area contributed by atoms with Gasteiger partial charge in [-0.3, -0.25) is 9.59 Å². The van der Waals surface area contributed by atoms with Gasteiger partial charge in [-0.25, -0.2) is 4.98 Å². The van der Waals surface area contributed by atoms with Crippen LogP contribution in [0.25, 0.3) is 11.0 Å². The molecule has 2 heterocycles. The number of H-pyrrole nitrogens is 1. The van der Waals surface area contributed by atoms with Crippen LogP contribution >= 0.6 is 0 Å². The Morgan fingerprint density at radius 3 is 2.68 bits per heavy atom. The third-order valence-electron chi connectivity index (χ3n) is 4.70. The topological polar surface area (TPSA) is 78.5 Å². The van der Waals surface area contributed by atoms with Crippen LogP contribution in [0.15, 0.2) is 18.2 Å². The molecule has 1 aromatic carbocycles. The molecule has 1 aromatic heterocycles. The first-order valence-corrected chi connectivity index (χ1v) is 8.52. The van der Waals surface area contributed by atoms with Gasteiger partial charge in [0.05, 0.1) is 24.6 Å². The van der Waals surface area contributed by atoms with Crippen LogP contribution in [-0.2, 0) is 9.53 Å². The van der Waals surface area contributed by atoms with Crippen molar-refractivity contribution in [2.45, 2.75) is 13.3 Å². The van der Waals surface area contributed by atoms with Gasteiger partial charge in [0.25, 0.3) is 0 Å². The predicted octanol–water partition coefficient (Wildman–Crippen LogP) is 1.70. The van der Waals surface area contributed by atoms with Crippen molar-refractivity contribution in [3.63, 3.8) is 0 Å². The van der Waals surface area contributed by atoms with Crippen LogP contribution in [-0.4, -0.2) is 67.0 Å². The minimum absolute atomic E-state index is 0.0666. The number of likely N-dealkylation sites (N-methyl/N-ethyl adjacent to an activating group) is 1. The molecule has 1 fully saturated rings. The summed E-state index contributed by atoms with van der Waals surface area (Å²) in [5.41, 5.74) is 2.26. The number of Topliss-reactive ketones (excluding diaryl/α,β-unsaturated/α-hetero) is 1. The van der Waals surface area contributed by atoms with Crippen LogP contribution in [0, 0.1) is 5.92 Å². The Hall–Kier alpha value is -2.41. The Morgan fingerprint density at radius 2 is 2.00 bits per heavy atom. The number of rotatable bonds is 5. The van der Waals surface area contributed by atoms with E-state index in [4.69, 9.17) is 0 Å². The van der Waals surface area contributed by atoms with Crippen LogP contribution in [0.3, 0.4) is 0 Å². The van der Waals surface area contributed by atoms with Gasteiger partial charge in [0.15, 0.2) is 5.78 Å². The number of fused-ring (bicyclic) bond motifs is 1. The molecule has 1 aliphatic rings. The number of nitrogens with zero attached hydrogens (tertiary/aromatic N) is 3. The lowest BCUT2D eigenvalue weighted by atomic mass is 9.96. The molecule has 0 spiro atoms. The number of imidazole rings is 1. The van der Waals surface area contributed by atoms with Crippen LogP contribution in [0.5, 0.6) is 0 Å². The van der Waals surface area contributed by atoms with E-state index in [2.05, 4.69) is 31.6 Å². The highest BCUT2D eigenvalue weighted by atomic mass is 16.5. The van der Waals surface area contributed by atoms with Gasteiger partial charge in [-0.1, -0.05) is 6.92 Å². The molecule has 0 amide bonds. The number of ether oxygens (including phenoxy) is 1. The average Bonchev–Trinajstić information content (AvgIpc) is 3.04. The number of aromatic amines is 1. The van der Waals surface area contributed by atoms with Gasteiger partial charge in [-0.05, 0) is 25.2 Å². The first-order chi connectivity index (χ1) is 12.0. The zero-order valence-electron chi connectivity index (χ0n) is 14.9. The summed E-state index contributed by atoms with van der Waals surface area (Å²) in [6.07, 6.45) is 0.0862. The van der Waals surface area contributed by atoms with Crippen LogP contribution in [0.4, 0.5) is 5.95 Å². The molecule has 0 radical (unpaired) electrons. The third-order valence-corrected chi connectivity index (χ3v) is 4.70. The molecule has 134 valence electrons. The molecule has 2 aromatic rings. The van der Waals surface area contributed by atoms with Gasteiger partial charge in [0.1, 0.15) is 0 Å². The number of nitrogens with one attached hydrogen (secondary N) is 1. The minimum atomic E-state index is -0.412. The zero-order valence-corrected chi connectivity index (χ0v) is 14.9. The molecule has 1 saturated heterocycles. The summed E-state index contributed by atoms with van der Waals surface area (Å²) in [6, 6.07) is 5.44. The zero-order chi connectivity index (χ0) is 18.0. The van der Waals surface area contributed by atoms with Gasteiger partial charge in [0, 0.05) is 37.7 Å². The van der Waals surface area contributed by atoms with Crippen LogP contribution in [0.2, 0.25) is 0 Å². The number of esters is 1. The third kappa shape index (κ3) is 3.82. The van der Waals surface area contributed by atoms with Crippen molar-refractivity contribution < 1.29 is 14.3 Å². The number of aromatic nitrogens is 2. The number of carbonyl (C=O) groups excluding carboxylic acids is 2. The Labute approximate surface area is 147 Å². The van der Waals surface area contributed by atoms with E-state index >= 15 is 0 Å². The smallest absolute Gasteiger partial charge is 0.306 e. The number of hydrogen-bond donors (Lipinski definition) is 1. The highest BCUT2D eigenvalue weighted by molar-refractivity contribution is 6.01. The number of methoxy groups -OCH3 is 1. The highest BCUT2D eigenvalue weighted by Crippen LogP contribution is 2.22. The molecule has 1 atom stereocenters. The second kappa shape index (κ2) is 7.23. The van der Waals surface area contributed by atoms with Crippen molar-refractivity contribution in [1.82, 2.24) is 14.9 Å². The van der Waals surface area contributed by atoms with Gasteiger partial charge in [-0.15, -0.1) is 0 Å². The Bertz CT molecular complexity index is 778. The fourth-order valence-electron chi connectivity index (χ4n) is 3.03. The molecular weight excluding hydrogens is 320 g/mol. The second-order valence-electron chi connectivity index (χ2n) is 6.63. The van der Waals surface area contributed by atoms with E-state index < -0.39 is 5.92 Å². The summed E-state index contributed by atoms with van der Waals surface area (Å²) < 4.78 is 4.64. The van der Waals surface area contributed by atoms with Crippen LogP contribution < -0.4 is 4.90 Å². The van der Waals surface area contributed by atoms with E-state index in [1.54, 1.807) is 13.0 Å². The molecule has 7 nitrogen and oxygen atoms in total. The summed E-state index contributed by atoms with van der Waals surface area (Å²) in [5.74, 6) is -0.0101. The number of carbonyl (C=O) groups is 2. The first-order valence-electron chi connectivity index (χ1n) is 8.52. The molecule has 25 heavy (non-hydrogen) atoms. The Kier molecular flexibility index (Phi) is 5.03. The largest absolute Gasteiger partial charge is 0.469 e. The quantitative estimate of drug-likeness (QED) is 0.657. The van der Waals surface area contributed by atoms with Gasteiger partial charge < -0.3 is 19.5 Å². The maximum absolute atomic E-state index is 12.5. The van der Waals surface area contributed by atoms with Gasteiger partial charge >= 0.3 is 5.97 Å². The highest BCUT2D eigenvalue weighted by Gasteiger charge is 2.21. The van der Waals surface area contributed by atoms with E-state index in [1.807, 2.05) is 12.1 Å². The van der Waals surface area contributed by atoms with Crippen molar-refractivity contribution in [1.29, 1.82) is 0 Å². The van der Waals surface area contributed by atoms with E-state index in [9.17, 15) is 9.59 Å². The van der Waals surface area contributed by atoms with E-state index in [0.29, 0.717) is 5.56 Å². The molecule has 1 N–H and O–H groups in total. The summed E-state index contributed by atoms with van der Waals surface area (Å²) in [4.78, 5) is 36.4. The first kappa shape index (κ1) is 17.4. The van der Waals surface area contributed by atoms with E-state index in [0.717, 1.165) is 43.2 Å². The Morgan fingerprint density at radius 1 is 1.28 bits per heavy atom. The number of hydrogen-bond acceptors (Lipinski definition) is 6. The molecule has 1 aliphatic heterocycles. The van der Waals surface area contributed by atoms with Crippen molar-refractivity contribution in [3.05, 3.63) is 23.8 Å². The monoisotopic (exact) mass is 344 g/mol. The maximum Gasteiger partial charge on any atom is 0.306 e. The molecule has 3 rings (SSSR count). The van der Waals surface area contributed by atoms with Gasteiger partial charge in [0.2, 0.25) is 5.95 Å². The molecule has 0 saturated carbocycles.